The summed E-state index contributed by atoms with van der Waals surface area (Å²) in [4.78, 5) is 41.8. The van der Waals surface area contributed by atoms with Crippen LogP contribution >= 0.6 is 0 Å². The molecule has 0 aromatic rings. The van der Waals surface area contributed by atoms with Crippen molar-refractivity contribution in [2.24, 2.45) is 32.2 Å². The summed E-state index contributed by atoms with van der Waals surface area (Å²) in [6, 6.07) is 0. The van der Waals surface area contributed by atoms with Crippen molar-refractivity contribution in [2.75, 3.05) is 14.2 Å². The third kappa shape index (κ3) is 4.77. The molecule has 2 N–H and O–H groups in total. The van der Waals surface area contributed by atoms with Gasteiger partial charge in [0.15, 0.2) is 5.41 Å². The lowest BCUT2D eigenvalue weighted by molar-refractivity contribution is -0.150. The first kappa shape index (κ1) is 33.1. The second-order valence-corrected chi connectivity index (χ2v) is 13.1. The van der Waals surface area contributed by atoms with E-state index < -0.39 is 11.4 Å². The molecule has 0 radical (unpaired) electrons. The largest absolute Gasteiger partial charge is 0.510 e. The number of aliphatic imine (C=N–C) groups is 3. The Balaban J connectivity index is 1.72. The van der Waals surface area contributed by atoms with E-state index in [-0.39, 0.29) is 30.0 Å². The topological polar surface area (TPSA) is 122 Å². The van der Waals surface area contributed by atoms with Gasteiger partial charge in [-0.3, -0.25) is 9.59 Å². The number of aliphatic hydroxyl groups excluding tert-OH is 1. The first-order valence-electron chi connectivity index (χ1n) is 16.7. The lowest BCUT2D eigenvalue weighted by Gasteiger charge is -2.31. The number of hydrogen-bond donors (Lipinski definition) is 2. The van der Waals surface area contributed by atoms with Crippen LogP contribution in [0.4, 0.5) is 0 Å². The van der Waals surface area contributed by atoms with Crippen LogP contribution in [-0.4, -0.2) is 48.4 Å². The molecule has 0 amide bonds. The molecule has 0 spiro atoms. The highest BCUT2D eigenvalue weighted by Crippen LogP contribution is 2.56. The number of esters is 2. The van der Waals surface area contributed by atoms with E-state index in [1.54, 1.807) is 0 Å². The molecule has 1 aliphatic carbocycles. The van der Waals surface area contributed by atoms with E-state index in [4.69, 9.17) is 24.5 Å². The number of carbonyl (C=O) groups excluding carboxylic acids is 2. The third-order valence-corrected chi connectivity index (χ3v) is 10.7. The molecule has 9 nitrogen and oxygen atoms in total. The van der Waals surface area contributed by atoms with Crippen molar-refractivity contribution < 1.29 is 24.2 Å². The van der Waals surface area contributed by atoms with Gasteiger partial charge in [-0.25, -0.2) is 15.0 Å². The molecule has 0 aromatic heterocycles. The Labute approximate surface area is 282 Å². The van der Waals surface area contributed by atoms with Crippen molar-refractivity contribution in [2.45, 2.75) is 73.6 Å². The molecular weight excluding hydrogens is 604 g/mol. The number of allylic oxidation sites excluding steroid dienone is 11. The van der Waals surface area contributed by atoms with Crippen molar-refractivity contribution in [1.29, 1.82) is 0 Å². The number of methoxy groups -OCH3 is 2. The van der Waals surface area contributed by atoms with Crippen LogP contribution in [0.5, 0.6) is 0 Å². The van der Waals surface area contributed by atoms with Gasteiger partial charge in [0.05, 0.1) is 48.4 Å². The number of nitrogens with one attached hydrogen (secondary N) is 1. The van der Waals surface area contributed by atoms with Gasteiger partial charge in [-0.05, 0) is 80.6 Å². The Morgan fingerprint density at radius 2 is 1.71 bits per heavy atom. The Bertz CT molecular complexity index is 1920. The minimum absolute atomic E-state index is 0.0525. The SMILES string of the molecule is C=CC1=C(C)C2=NC1=CC1=NC(=CC3=C(C)C4=C(O)[C@@](CCC)(C(=O)OC)C(=C5NC(=C2)[C@@H](C)[C@@H]5CCC(=O)OC)C4=N3)C(CC)=C1C. The summed E-state index contributed by atoms with van der Waals surface area (Å²) in [5.74, 6) is -1.23. The van der Waals surface area contributed by atoms with Crippen LogP contribution in [-0.2, 0) is 19.1 Å². The quantitative estimate of drug-likeness (QED) is 0.265. The zero-order chi connectivity index (χ0) is 34.7. The first-order chi connectivity index (χ1) is 23.0. The van der Waals surface area contributed by atoms with E-state index in [1.807, 2.05) is 45.1 Å². The predicted molar refractivity (Wildman–Crippen MR) is 188 cm³/mol. The molecule has 5 aliphatic heterocycles. The van der Waals surface area contributed by atoms with E-state index in [2.05, 4.69) is 32.7 Å². The van der Waals surface area contributed by atoms with Gasteiger partial charge in [-0.2, -0.15) is 0 Å². The minimum Gasteiger partial charge on any atom is -0.510 e. The molecule has 1 fully saturated rings. The second-order valence-electron chi connectivity index (χ2n) is 13.1. The summed E-state index contributed by atoms with van der Waals surface area (Å²) in [7, 11) is 2.74. The van der Waals surface area contributed by atoms with Crippen molar-refractivity contribution in [1.82, 2.24) is 5.32 Å². The van der Waals surface area contributed by atoms with Crippen LogP contribution in [0.15, 0.2) is 119 Å². The predicted octanol–water partition coefficient (Wildman–Crippen LogP) is 7.37. The van der Waals surface area contributed by atoms with Crippen molar-refractivity contribution in [3.63, 3.8) is 0 Å². The Hall–Kier alpha value is -4.79. The van der Waals surface area contributed by atoms with Crippen LogP contribution < -0.4 is 5.32 Å². The summed E-state index contributed by atoms with van der Waals surface area (Å²) in [5.41, 5.74) is 10.6. The number of fused-ring (bicyclic) bond motifs is 5. The average Bonchev–Trinajstić information content (AvgIpc) is 3.80. The van der Waals surface area contributed by atoms with Crippen molar-refractivity contribution >= 4 is 29.1 Å². The molecule has 0 aromatic carbocycles. The van der Waals surface area contributed by atoms with Gasteiger partial charge in [0, 0.05) is 46.4 Å². The van der Waals surface area contributed by atoms with Gasteiger partial charge in [-0.15, -0.1) is 0 Å². The Morgan fingerprint density at radius 3 is 2.35 bits per heavy atom. The second kappa shape index (κ2) is 12.3. The van der Waals surface area contributed by atoms with Crippen molar-refractivity contribution in [3.05, 3.63) is 104 Å². The molecular formula is C39H44N4O5. The van der Waals surface area contributed by atoms with Crippen LogP contribution in [0.25, 0.3) is 0 Å². The molecule has 48 heavy (non-hydrogen) atoms. The Morgan fingerprint density at radius 1 is 1.00 bits per heavy atom. The molecule has 8 bridgehead atoms. The fraction of sp³-hybridized carbons (Fsp3) is 0.410. The van der Waals surface area contributed by atoms with E-state index in [9.17, 15) is 14.7 Å². The molecule has 9 heteroatoms. The third-order valence-electron chi connectivity index (χ3n) is 10.7. The number of ether oxygens (including phenoxy) is 2. The van der Waals surface area contributed by atoms with Gasteiger partial charge in [0.1, 0.15) is 5.76 Å². The minimum atomic E-state index is -1.47. The monoisotopic (exact) mass is 648 g/mol. The van der Waals surface area contributed by atoms with E-state index >= 15 is 0 Å². The van der Waals surface area contributed by atoms with Gasteiger partial charge >= 0.3 is 11.9 Å². The van der Waals surface area contributed by atoms with Crippen LogP contribution in [0.3, 0.4) is 0 Å². The van der Waals surface area contributed by atoms with Gasteiger partial charge in [0.2, 0.25) is 0 Å². The lowest BCUT2D eigenvalue weighted by Crippen LogP contribution is -2.37. The molecule has 3 atom stereocenters. The van der Waals surface area contributed by atoms with Crippen LogP contribution in [0.1, 0.15) is 73.6 Å². The van der Waals surface area contributed by atoms with Crippen molar-refractivity contribution in [3.8, 4) is 0 Å². The van der Waals surface area contributed by atoms with Crippen LogP contribution in [0.2, 0.25) is 0 Å². The summed E-state index contributed by atoms with van der Waals surface area (Å²) in [6.07, 6.45) is 10.2. The highest BCUT2D eigenvalue weighted by molar-refractivity contribution is 6.25. The number of nitrogens with zero attached hydrogens (tertiary/aromatic N) is 3. The summed E-state index contributed by atoms with van der Waals surface area (Å²) < 4.78 is 10.5. The number of aliphatic hydroxyl groups is 1. The maximum absolute atomic E-state index is 14.0. The maximum atomic E-state index is 14.0. The zero-order valence-electron chi connectivity index (χ0n) is 29.1. The molecule has 250 valence electrons. The van der Waals surface area contributed by atoms with Crippen LogP contribution in [0, 0.1) is 17.3 Å². The number of hydrogen-bond acceptors (Lipinski definition) is 9. The van der Waals surface area contributed by atoms with Gasteiger partial charge in [-0.1, -0.05) is 39.8 Å². The summed E-state index contributed by atoms with van der Waals surface area (Å²) >= 11 is 0. The van der Waals surface area contributed by atoms with E-state index in [1.165, 1.54) is 14.2 Å². The standard InChI is InChI=1S/C39H44N4O5/c1-10-15-39(38(46)48-9)34-35-25(13-14-32(44)47-8)21(6)28(42-35)16-26-19(4)23(11-2)30(40-26)17-27-20(5)24(12-3)31(41-27)18-29-22(7)33(37(39)45)36(34)43-29/h11,16-18,21,25,42,45H,2,10,12-15H2,1,3-9H3/t21-,25-,39-/m0/s1. The fourth-order valence-corrected chi connectivity index (χ4v) is 8.03. The first-order valence-corrected chi connectivity index (χ1v) is 16.7. The molecule has 6 rings (SSSR count). The zero-order valence-corrected chi connectivity index (χ0v) is 29.1. The Kier molecular flexibility index (Phi) is 8.52. The average molecular weight is 649 g/mol. The molecule has 0 unspecified atom stereocenters. The maximum Gasteiger partial charge on any atom is 0.324 e. The molecule has 1 saturated heterocycles. The van der Waals surface area contributed by atoms with Gasteiger partial charge < -0.3 is 19.9 Å². The van der Waals surface area contributed by atoms with E-state index in [0.29, 0.717) is 41.8 Å². The summed E-state index contributed by atoms with van der Waals surface area (Å²) in [6.45, 7) is 16.3. The smallest absolute Gasteiger partial charge is 0.324 e. The molecule has 6 aliphatic rings. The summed E-state index contributed by atoms with van der Waals surface area (Å²) in [5, 5.41) is 15.9. The highest BCUT2D eigenvalue weighted by Gasteiger charge is 2.59. The number of rotatable bonds is 8. The molecule has 5 heterocycles. The highest BCUT2D eigenvalue weighted by atomic mass is 16.5. The van der Waals surface area contributed by atoms with E-state index in [0.717, 1.165) is 68.5 Å². The normalized spacial score (nSPS) is 26.0. The molecule has 0 saturated carbocycles. The fourth-order valence-electron chi connectivity index (χ4n) is 8.03. The number of carbonyl (C=O) groups is 2. The lowest BCUT2D eigenvalue weighted by atomic mass is 9.73. The van der Waals surface area contributed by atoms with Gasteiger partial charge in [0.25, 0.3) is 0 Å².